The average molecular weight is 230 g/mol. The predicted molar refractivity (Wildman–Crippen MR) is 66.0 cm³/mol. The van der Waals surface area contributed by atoms with E-state index >= 15 is 0 Å². The Morgan fingerprint density at radius 2 is 2.27 bits per heavy atom. The van der Waals surface area contributed by atoms with Crippen molar-refractivity contribution < 1.29 is 4.79 Å². The number of hydrogen-bond acceptors (Lipinski definition) is 3. The van der Waals surface area contributed by atoms with E-state index in [2.05, 4.69) is 12.2 Å². The van der Waals surface area contributed by atoms with Crippen LogP contribution >= 0.6 is 11.8 Å². The summed E-state index contributed by atoms with van der Waals surface area (Å²) in [4.78, 5) is 11.1. The first kappa shape index (κ1) is 12.8. The Hall–Kier alpha value is -0.220. The van der Waals surface area contributed by atoms with Gasteiger partial charge in [-0.2, -0.15) is 11.8 Å². The van der Waals surface area contributed by atoms with Crippen LogP contribution in [0.3, 0.4) is 0 Å². The third kappa shape index (κ3) is 3.68. The van der Waals surface area contributed by atoms with Gasteiger partial charge in [0.2, 0.25) is 5.91 Å². The molecule has 1 fully saturated rings. The Morgan fingerprint density at radius 3 is 2.80 bits per heavy atom. The van der Waals surface area contributed by atoms with Gasteiger partial charge < -0.3 is 11.1 Å². The lowest BCUT2D eigenvalue weighted by atomic mass is 10.1. The van der Waals surface area contributed by atoms with E-state index in [1.54, 1.807) is 0 Å². The van der Waals surface area contributed by atoms with Crippen LogP contribution in [0.2, 0.25) is 0 Å². The van der Waals surface area contributed by atoms with Crippen LogP contribution < -0.4 is 11.1 Å². The van der Waals surface area contributed by atoms with Gasteiger partial charge in [-0.3, -0.25) is 4.79 Å². The van der Waals surface area contributed by atoms with Crippen LogP contribution in [0.1, 0.15) is 39.5 Å². The second-order valence-corrected chi connectivity index (χ2v) is 5.58. The first-order valence-corrected chi connectivity index (χ1v) is 6.90. The molecule has 1 aliphatic rings. The van der Waals surface area contributed by atoms with E-state index < -0.39 is 0 Å². The smallest absolute Gasteiger partial charge is 0.234 e. The van der Waals surface area contributed by atoms with Crippen molar-refractivity contribution in [1.29, 1.82) is 0 Å². The SMILES string of the molecule is CCSC1CCCC1NC(CC)C(N)=O. The van der Waals surface area contributed by atoms with Crippen molar-refractivity contribution in [3.63, 3.8) is 0 Å². The van der Waals surface area contributed by atoms with Gasteiger partial charge in [0.25, 0.3) is 0 Å². The Bertz CT molecular complexity index is 211. The molecule has 3 nitrogen and oxygen atoms in total. The lowest BCUT2D eigenvalue weighted by Crippen LogP contribution is -2.48. The summed E-state index contributed by atoms with van der Waals surface area (Å²) in [5, 5.41) is 4.07. The van der Waals surface area contributed by atoms with Crippen molar-refractivity contribution in [2.75, 3.05) is 5.75 Å². The zero-order valence-electron chi connectivity index (χ0n) is 9.66. The van der Waals surface area contributed by atoms with E-state index in [-0.39, 0.29) is 11.9 Å². The summed E-state index contributed by atoms with van der Waals surface area (Å²) >= 11 is 2.00. The summed E-state index contributed by atoms with van der Waals surface area (Å²) in [6, 6.07) is 0.334. The van der Waals surface area contributed by atoms with Gasteiger partial charge in [0.05, 0.1) is 6.04 Å². The zero-order valence-corrected chi connectivity index (χ0v) is 10.5. The minimum Gasteiger partial charge on any atom is -0.368 e. The van der Waals surface area contributed by atoms with E-state index in [0.717, 1.165) is 12.2 Å². The van der Waals surface area contributed by atoms with Gasteiger partial charge in [0.15, 0.2) is 0 Å². The molecule has 88 valence electrons. The molecular formula is C11H22N2OS. The largest absolute Gasteiger partial charge is 0.368 e. The van der Waals surface area contributed by atoms with Crippen LogP contribution in [0.4, 0.5) is 0 Å². The normalized spacial score (nSPS) is 27.9. The molecule has 1 saturated carbocycles. The van der Waals surface area contributed by atoms with Gasteiger partial charge in [-0.05, 0) is 25.0 Å². The molecule has 3 unspecified atom stereocenters. The summed E-state index contributed by atoms with van der Waals surface area (Å²) in [6.07, 6.45) is 4.51. The number of thioether (sulfide) groups is 1. The highest BCUT2D eigenvalue weighted by molar-refractivity contribution is 7.99. The zero-order chi connectivity index (χ0) is 11.3. The number of carbonyl (C=O) groups is 1. The molecule has 0 heterocycles. The third-order valence-corrected chi connectivity index (χ3v) is 4.33. The average Bonchev–Trinajstić information content (AvgIpc) is 2.62. The summed E-state index contributed by atoms with van der Waals surface area (Å²) in [6.45, 7) is 4.19. The van der Waals surface area contributed by atoms with Gasteiger partial charge in [-0.25, -0.2) is 0 Å². The van der Waals surface area contributed by atoms with Crippen molar-refractivity contribution in [2.45, 2.75) is 56.9 Å². The molecule has 0 aromatic carbocycles. The van der Waals surface area contributed by atoms with Crippen molar-refractivity contribution in [3.8, 4) is 0 Å². The van der Waals surface area contributed by atoms with E-state index in [9.17, 15) is 4.79 Å². The fraction of sp³-hybridized carbons (Fsp3) is 0.909. The molecule has 0 aromatic rings. The van der Waals surface area contributed by atoms with Gasteiger partial charge in [-0.15, -0.1) is 0 Å². The molecule has 3 N–H and O–H groups in total. The minimum atomic E-state index is -0.218. The third-order valence-electron chi connectivity index (χ3n) is 3.00. The van der Waals surface area contributed by atoms with Crippen LogP contribution in [0.5, 0.6) is 0 Å². The molecular weight excluding hydrogens is 208 g/mol. The number of nitrogens with one attached hydrogen (secondary N) is 1. The van der Waals surface area contributed by atoms with E-state index in [4.69, 9.17) is 5.73 Å². The maximum Gasteiger partial charge on any atom is 0.234 e. The number of hydrogen-bond donors (Lipinski definition) is 2. The Balaban J connectivity index is 2.44. The Morgan fingerprint density at radius 1 is 1.53 bits per heavy atom. The Kier molecular flexibility index (Phi) is 5.47. The fourth-order valence-electron chi connectivity index (χ4n) is 2.19. The van der Waals surface area contributed by atoms with Gasteiger partial charge in [0.1, 0.15) is 0 Å². The van der Waals surface area contributed by atoms with Crippen molar-refractivity contribution in [1.82, 2.24) is 5.32 Å². The molecule has 0 spiro atoms. The molecule has 3 atom stereocenters. The molecule has 0 aliphatic heterocycles. The molecule has 1 amide bonds. The van der Waals surface area contributed by atoms with Crippen LogP contribution in [0.25, 0.3) is 0 Å². The molecule has 15 heavy (non-hydrogen) atoms. The lowest BCUT2D eigenvalue weighted by Gasteiger charge is -2.24. The molecule has 0 bridgehead atoms. The second-order valence-electron chi connectivity index (χ2n) is 4.06. The minimum absolute atomic E-state index is 0.145. The summed E-state index contributed by atoms with van der Waals surface area (Å²) < 4.78 is 0. The number of carbonyl (C=O) groups excluding carboxylic acids is 1. The molecule has 4 heteroatoms. The van der Waals surface area contributed by atoms with Crippen LogP contribution in [-0.2, 0) is 4.79 Å². The second kappa shape index (κ2) is 6.38. The number of nitrogens with two attached hydrogens (primary N) is 1. The monoisotopic (exact) mass is 230 g/mol. The summed E-state index contributed by atoms with van der Waals surface area (Å²) in [7, 11) is 0. The van der Waals surface area contributed by atoms with Crippen LogP contribution in [0, 0.1) is 0 Å². The van der Waals surface area contributed by atoms with E-state index in [0.29, 0.717) is 11.3 Å². The fourth-order valence-corrected chi connectivity index (χ4v) is 3.40. The summed E-state index contributed by atoms with van der Waals surface area (Å²) in [5.74, 6) is 0.931. The van der Waals surface area contributed by atoms with Crippen molar-refractivity contribution in [2.24, 2.45) is 5.73 Å². The topological polar surface area (TPSA) is 55.1 Å². The maximum atomic E-state index is 11.1. The van der Waals surface area contributed by atoms with Crippen molar-refractivity contribution >= 4 is 17.7 Å². The predicted octanol–water partition coefficient (Wildman–Crippen LogP) is 1.51. The van der Waals surface area contributed by atoms with E-state index in [1.807, 2.05) is 18.7 Å². The molecule has 1 rings (SSSR count). The molecule has 1 aliphatic carbocycles. The quantitative estimate of drug-likeness (QED) is 0.727. The highest BCUT2D eigenvalue weighted by Gasteiger charge is 2.29. The lowest BCUT2D eigenvalue weighted by molar-refractivity contribution is -0.120. The highest BCUT2D eigenvalue weighted by Crippen LogP contribution is 2.30. The summed E-state index contributed by atoms with van der Waals surface area (Å²) in [5.41, 5.74) is 5.34. The van der Waals surface area contributed by atoms with Crippen LogP contribution in [0.15, 0.2) is 0 Å². The van der Waals surface area contributed by atoms with Crippen molar-refractivity contribution in [3.05, 3.63) is 0 Å². The maximum absolute atomic E-state index is 11.1. The number of amides is 1. The number of rotatable bonds is 6. The standard InChI is InChI=1S/C11H22N2OS/c1-3-8(11(12)14)13-9-6-5-7-10(9)15-4-2/h8-10,13H,3-7H2,1-2H3,(H2,12,14). The van der Waals surface area contributed by atoms with Gasteiger partial charge in [-0.1, -0.05) is 20.3 Å². The molecule has 0 radical (unpaired) electrons. The Labute approximate surface area is 96.6 Å². The molecule has 0 aromatic heterocycles. The van der Waals surface area contributed by atoms with Crippen LogP contribution in [-0.4, -0.2) is 29.0 Å². The van der Waals surface area contributed by atoms with Gasteiger partial charge in [0, 0.05) is 11.3 Å². The van der Waals surface area contributed by atoms with E-state index in [1.165, 1.54) is 19.3 Å². The van der Waals surface area contributed by atoms with Gasteiger partial charge >= 0.3 is 0 Å². The molecule has 0 saturated heterocycles. The highest BCUT2D eigenvalue weighted by atomic mass is 32.2. The first-order valence-electron chi connectivity index (χ1n) is 5.86. The first-order chi connectivity index (χ1) is 7.19. The number of primary amides is 1.